The Kier molecular flexibility index (Phi) is 7.25. The lowest BCUT2D eigenvalue weighted by molar-refractivity contribution is 0.243. The Labute approximate surface area is 114 Å². The van der Waals surface area contributed by atoms with E-state index in [9.17, 15) is 0 Å². The molecule has 2 heteroatoms. The molecule has 2 N–H and O–H groups in total. The fourth-order valence-electron chi connectivity index (χ4n) is 3.14. The van der Waals surface area contributed by atoms with Gasteiger partial charge in [0.2, 0.25) is 0 Å². The van der Waals surface area contributed by atoms with Gasteiger partial charge in [0.1, 0.15) is 0 Å². The van der Waals surface area contributed by atoms with Crippen LogP contribution >= 0.6 is 0 Å². The highest BCUT2D eigenvalue weighted by atomic mass is 16.3. The van der Waals surface area contributed by atoms with Crippen molar-refractivity contribution in [3.8, 4) is 0 Å². The summed E-state index contributed by atoms with van der Waals surface area (Å²) in [6.45, 7) is 8.48. The van der Waals surface area contributed by atoms with Gasteiger partial charge in [0.25, 0.3) is 0 Å². The second-order valence-corrected chi connectivity index (χ2v) is 6.87. The van der Waals surface area contributed by atoms with Gasteiger partial charge in [0.15, 0.2) is 0 Å². The minimum absolute atomic E-state index is 0.337. The molecule has 108 valence electrons. The van der Waals surface area contributed by atoms with Crippen LogP contribution < -0.4 is 5.32 Å². The second kappa shape index (κ2) is 8.16. The minimum Gasteiger partial charge on any atom is -0.396 e. The molecule has 18 heavy (non-hydrogen) atoms. The molecule has 1 aliphatic rings. The van der Waals surface area contributed by atoms with Crippen molar-refractivity contribution in [2.45, 2.75) is 78.2 Å². The van der Waals surface area contributed by atoms with Crippen molar-refractivity contribution >= 4 is 0 Å². The molecular formula is C16H33NO. The van der Waals surface area contributed by atoms with Gasteiger partial charge in [-0.1, -0.05) is 33.6 Å². The summed E-state index contributed by atoms with van der Waals surface area (Å²) in [5.41, 5.74) is 0.546. The third-order valence-electron chi connectivity index (χ3n) is 4.51. The zero-order valence-electron chi connectivity index (χ0n) is 12.7. The van der Waals surface area contributed by atoms with Crippen LogP contribution in [0.4, 0.5) is 0 Å². The first-order valence-electron chi connectivity index (χ1n) is 7.91. The molecule has 0 aromatic carbocycles. The van der Waals surface area contributed by atoms with Gasteiger partial charge in [0, 0.05) is 12.6 Å². The molecule has 0 aliphatic heterocycles. The molecule has 0 heterocycles. The van der Waals surface area contributed by atoms with E-state index >= 15 is 0 Å². The summed E-state index contributed by atoms with van der Waals surface area (Å²) < 4.78 is 0. The van der Waals surface area contributed by atoms with E-state index in [0.29, 0.717) is 24.0 Å². The fraction of sp³-hybridized carbons (Fsp3) is 1.00. The van der Waals surface area contributed by atoms with E-state index in [2.05, 4.69) is 26.1 Å². The zero-order valence-corrected chi connectivity index (χ0v) is 12.7. The molecule has 0 aromatic rings. The lowest BCUT2D eigenvalue weighted by atomic mass is 9.85. The maximum atomic E-state index is 9.09. The van der Waals surface area contributed by atoms with Crippen LogP contribution in [0.25, 0.3) is 0 Å². The fourth-order valence-corrected chi connectivity index (χ4v) is 3.14. The largest absolute Gasteiger partial charge is 0.396 e. The summed E-state index contributed by atoms with van der Waals surface area (Å²) in [7, 11) is 0. The Morgan fingerprint density at radius 2 is 2.00 bits per heavy atom. The van der Waals surface area contributed by atoms with Gasteiger partial charge < -0.3 is 10.4 Å². The molecule has 2 nitrogen and oxygen atoms in total. The van der Waals surface area contributed by atoms with E-state index in [1.54, 1.807) is 0 Å². The number of nitrogens with one attached hydrogen (secondary N) is 1. The Balaban J connectivity index is 2.28. The summed E-state index contributed by atoms with van der Waals surface area (Å²) in [6, 6.07) is 0.713. The number of aliphatic hydroxyl groups excluding tert-OH is 1. The van der Waals surface area contributed by atoms with Crippen LogP contribution in [0.5, 0.6) is 0 Å². The standard InChI is InChI=1S/C16H33NO/c1-4-6-14(9-12-18)13-17-15-7-5-10-16(2,3)11-8-15/h14-15,17-18H,4-13H2,1-3H3. The van der Waals surface area contributed by atoms with Crippen LogP contribution in [0, 0.1) is 11.3 Å². The van der Waals surface area contributed by atoms with Crippen molar-refractivity contribution in [3.05, 3.63) is 0 Å². The van der Waals surface area contributed by atoms with Crippen molar-refractivity contribution in [3.63, 3.8) is 0 Å². The van der Waals surface area contributed by atoms with Crippen LogP contribution in [0.1, 0.15) is 72.1 Å². The first-order valence-corrected chi connectivity index (χ1v) is 7.91. The predicted molar refractivity (Wildman–Crippen MR) is 78.8 cm³/mol. The molecule has 1 saturated carbocycles. The molecule has 0 amide bonds. The molecule has 1 rings (SSSR count). The third-order valence-corrected chi connectivity index (χ3v) is 4.51. The summed E-state index contributed by atoms with van der Waals surface area (Å²) in [4.78, 5) is 0. The molecule has 2 atom stereocenters. The molecular weight excluding hydrogens is 222 g/mol. The summed E-state index contributed by atoms with van der Waals surface area (Å²) in [5.74, 6) is 0.663. The highest BCUT2D eigenvalue weighted by Gasteiger charge is 2.24. The van der Waals surface area contributed by atoms with Gasteiger partial charge in [-0.3, -0.25) is 0 Å². The van der Waals surface area contributed by atoms with Gasteiger partial charge in [-0.05, 0) is 56.4 Å². The van der Waals surface area contributed by atoms with Crippen molar-refractivity contribution in [2.75, 3.05) is 13.2 Å². The SMILES string of the molecule is CCCC(CCO)CNC1CCCC(C)(C)CC1. The zero-order chi connectivity index (χ0) is 13.4. The predicted octanol–water partition coefficient (Wildman–Crippen LogP) is 3.73. The minimum atomic E-state index is 0.337. The summed E-state index contributed by atoms with van der Waals surface area (Å²) >= 11 is 0. The van der Waals surface area contributed by atoms with Crippen molar-refractivity contribution < 1.29 is 5.11 Å². The Hall–Kier alpha value is -0.0800. The normalized spacial score (nSPS) is 25.7. The van der Waals surface area contributed by atoms with Crippen molar-refractivity contribution in [2.24, 2.45) is 11.3 Å². The number of rotatable bonds is 7. The van der Waals surface area contributed by atoms with Crippen LogP contribution in [-0.2, 0) is 0 Å². The quantitative estimate of drug-likeness (QED) is 0.679. The lowest BCUT2D eigenvalue weighted by Gasteiger charge is -2.23. The summed E-state index contributed by atoms with van der Waals surface area (Å²) in [5, 5.41) is 12.8. The average Bonchev–Trinajstić information content (AvgIpc) is 2.48. The first kappa shape index (κ1) is 16.0. The number of hydrogen-bond acceptors (Lipinski definition) is 2. The van der Waals surface area contributed by atoms with E-state index in [-0.39, 0.29) is 0 Å². The maximum absolute atomic E-state index is 9.09. The molecule has 0 bridgehead atoms. The molecule has 2 unspecified atom stereocenters. The van der Waals surface area contributed by atoms with Crippen molar-refractivity contribution in [1.82, 2.24) is 5.32 Å². The molecule has 0 spiro atoms. The van der Waals surface area contributed by atoms with E-state index in [4.69, 9.17) is 5.11 Å². The highest BCUT2D eigenvalue weighted by molar-refractivity contribution is 4.80. The third kappa shape index (κ3) is 6.19. The smallest absolute Gasteiger partial charge is 0.0434 e. The first-order chi connectivity index (χ1) is 8.57. The maximum Gasteiger partial charge on any atom is 0.0434 e. The number of aliphatic hydroxyl groups is 1. The van der Waals surface area contributed by atoms with Crippen LogP contribution in [0.15, 0.2) is 0 Å². The Bertz CT molecular complexity index is 209. The second-order valence-electron chi connectivity index (χ2n) is 6.87. The number of hydrogen-bond donors (Lipinski definition) is 2. The van der Waals surface area contributed by atoms with Gasteiger partial charge in [-0.15, -0.1) is 0 Å². The van der Waals surface area contributed by atoms with Crippen LogP contribution in [0.3, 0.4) is 0 Å². The average molecular weight is 255 g/mol. The monoisotopic (exact) mass is 255 g/mol. The van der Waals surface area contributed by atoms with E-state index in [1.807, 2.05) is 0 Å². The molecule has 1 aliphatic carbocycles. The Morgan fingerprint density at radius 3 is 2.67 bits per heavy atom. The van der Waals surface area contributed by atoms with Gasteiger partial charge in [0.05, 0.1) is 0 Å². The highest BCUT2D eigenvalue weighted by Crippen LogP contribution is 2.33. The molecule has 0 radical (unpaired) electrons. The lowest BCUT2D eigenvalue weighted by Crippen LogP contribution is -2.33. The Morgan fingerprint density at radius 1 is 1.22 bits per heavy atom. The summed E-state index contributed by atoms with van der Waals surface area (Å²) in [6.07, 6.45) is 10.2. The van der Waals surface area contributed by atoms with E-state index in [0.717, 1.165) is 13.0 Å². The molecule has 0 saturated heterocycles. The van der Waals surface area contributed by atoms with Crippen LogP contribution in [0.2, 0.25) is 0 Å². The molecule has 0 aromatic heterocycles. The van der Waals surface area contributed by atoms with Gasteiger partial charge >= 0.3 is 0 Å². The molecule has 1 fully saturated rings. The van der Waals surface area contributed by atoms with Crippen LogP contribution in [-0.4, -0.2) is 24.3 Å². The van der Waals surface area contributed by atoms with Gasteiger partial charge in [-0.25, -0.2) is 0 Å². The topological polar surface area (TPSA) is 32.3 Å². The van der Waals surface area contributed by atoms with E-state index in [1.165, 1.54) is 44.9 Å². The van der Waals surface area contributed by atoms with Crippen molar-refractivity contribution in [1.29, 1.82) is 0 Å². The van der Waals surface area contributed by atoms with Gasteiger partial charge in [-0.2, -0.15) is 0 Å². The van der Waals surface area contributed by atoms with E-state index < -0.39 is 0 Å².